The molecule has 0 N–H and O–H groups in total. The van der Waals surface area contributed by atoms with Gasteiger partial charge in [-0.15, -0.1) is 0 Å². The van der Waals surface area contributed by atoms with E-state index in [0.717, 1.165) is 18.9 Å². The quantitative estimate of drug-likeness (QED) is 0.807. The molecule has 2 aliphatic heterocycles. The van der Waals surface area contributed by atoms with Gasteiger partial charge in [0.2, 0.25) is 10.0 Å². The lowest BCUT2D eigenvalue weighted by Gasteiger charge is -2.36. The van der Waals surface area contributed by atoms with Crippen molar-refractivity contribution in [2.45, 2.75) is 31.0 Å². The Hall–Kier alpha value is -1.22. The number of sulfonamides is 1. The zero-order valence-corrected chi connectivity index (χ0v) is 14.3. The van der Waals surface area contributed by atoms with E-state index in [2.05, 4.69) is 9.88 Å². The zero-order chi connectivity index (χ0) is 16.4. The topological polar surface area (TPSA) is 72.0 Å². The fourth-order valence-electron chi connectivity index (χ4n) is 3.01. The fraction of sp³-hybridized carbons (Fsp3) is 0.667. The molecule has 0 unspecified atom stereocenters. The SMILES string of the molecule is C[C@@H]1CN(c2ccc(S(=O)(=O)N3CCOCC3)cn2)C[C@@H](C)O1. The molecule has 3 heterocycles. The van der Waals surface area contributed by atoms with Crippen LogP contribution in [-0.2, 0) is 19.5 Å². The molecule has 0 bridgehead atoms. The van der Waals surface area contributed by atoms with Crippen LogP contribution in [0, 0.1) is 0 Å². The van der Waals surface area contributed by atoms with Crippen molar-refractivity contribution in [1.29, 1.82) is 0 Å². The van der Waals surface area contributed by atoms with Gasteiger partial charge in [0, 0.05) is 32.4 Å². The summed E-state index contributed by atoms with van der Waals surface area (Å²) in [5, 5.41) is 0. The zero-order valence-electron chi connectivity index (χ0n) is 13.5. The Morgan fingerprint density at radius 1 is 1.13 bits per heavy atom. The molecule has 0 spiro atoms. The smallest absolute Gasteiger partial charge is 0.244 e. The number of morpholine rings is 2. The molecule has 3 rings (SSSR count). The second kappa shape index (κ2) is 6.72. The van der Waals surface area contributed by atoms with E-state index in [1.54, 1.807) is 12.1 Å². The van der Waals surface area contributed by atoms with Gasteiger partial charge in [0.05, 0.1) is 25.4 Å². The Labute approximate surface area is 137 Å². The molecule has 23 heavy (non-hydrogen) atoms. The first-order valence-electron chi connectivity index (χ1n) is 7.91. The lowest BCUT2D eigenvalue weighted by Crippen LogP contribution is -2.45. The highest BCUT2D eigenvalue weighted by atomic mass is 32.2. The number of ether oxygens (including phenoxy) is 2. The normalized spacial score (nSPS) is 27.1. The van der Waals surface area contributed by atoms with Gasteiger partial charge in [0.25, 0.3) is 0 Å². The maximum Gasteiger partial charge on any atom is 0.244 e. The summed E-state index contributed by atoms with van der Waals surface area (Å²) in [6.45, 7) is 7.23. The van der Waals surface area contributed by atoms with E-state index in [1.807, 2.05) is 13.8 Å². The van der Waals surface area contributed by atoms with Gasteiger partial charge in [-0.25, -0.2) is 13.4 Å². The first-order valence-corrected chi connectivity index (χ1v) is 9.35. The number of anilines is 1. The minimum atomic E-state index is -3.48. The van der Waals surface area contributed by atoms with Gasteiger partial charge >= 0.3 is 0 Å². The van der Waals surface area contributed by atoms with Crippen LogP contribution < -0.4 is 4.90 Å². The molecule has 1 aromatic rings. The summed E-state index contributed by atoms with van der Waals surface area (Å²) in [4.78, 5) is 6.73. The first-order chi connectivity index (χ1) is 11.0. The summed E-state index contributed by atoms with van der Waals surface area (Å²) in [7, 11) is -3.48. The van der Waals surface area contributed by atoms with Crippen LogP contribution in [0.2, 0.25) is 0 Å². The van der Waals surface area contributed by atoms with Crippen molar-refractivity contribution in [2.24, 2.45) is 0 Å². The summed E-state index contributed by atoms with van der Waals surface area (Å²) in [6.07, 6.45) is 1.72. The second-order valence-corrected chi connectivity index (χ2v) is 7.97. The lowest BCUT2D eigenvalue weighted by atomic mass is 10.2. The van der Waals surface area contributed by atoms with Gasteiger partial charge in [0.1, 0.15) is 10.7 Å². The molecule has 2 saturated heterocycles. The average molecular weight is 341 g/mol. The largest absolute Gasteiger partial charge is 0.379 e. The number of pyridine rings is 1. The van der Waals surface area contributed by atoms with Crippen LogP contribution in [0.25, 0.3) is 0 Å². The van der Waals surface area contributed by atoms with Gasteiger partial charge in [-0.1, -0.05) is 0 Å². The molecule has 8 heteroatoms. The number of hydrogen-bond acceptors (Lipinski definition) is 6. The predicted molar refractivity (Wildman–Crippen MR) is 86.0 cm³/mol. The summed E-state index contributed by atoms with van der Waals surface area (Å²) in [5.41, 5.74) is 0. The summed E-state index contributed by atoms with van der Waals surface area (Å²) >= 11 is 0. The Bertz CT molecular complexity index is 619. The number of hydrogen-bond donors (Lipinski definition) is 0. The van der Waals surface area contributed by atoms with Crippen molar-refractivity contribution < 1.29 is 17.9 Å². The Kier molecular flexibility index (Phi) is 4.86. The monoisotopic (exact) mass is 341 g/mol. The number of nitrogens with zero attached hydrogens (tertiary/aromatic N) is 3. The minimum Gasteiger partial charge on any atom is -0.379 e. The van der Waals surface area contributed by atoms with E-state index >= 15 is 0 Å². The molecule has 2 fully saturated rings. The van der Waals surface area contributed by atoms with Crippen molar-refractivity contribution in [3.05, 3.63) is 18.3 Å². The Morgan fingerprint density at radius 2 is 1.78 bits per heavy atom. The van der Waals surface area contributed by atoms with Gasteiger partial charge < -0.3 is 14.4 Å². The number of aromatic nitrogens is 1. The molecule has 0 aliphatic carbocycles. The van der Waals surface area contributed by atoms with Crippen LogP contribution in [0.4, 0.5) is 5.82 Å². The van der Waals surface area contributed by atoms with Crippen LogP contribution in [0.1, 0.15) is 13.8 Å². The summed E-state index contributed by atoms with van der Waals surface area (Å²) in [6, 6.07) is 3.41. The molecule has 7 nitrogen and oxygen atoms in total. The molecule has 128 valence electrons. The highest BCUT2D eigenvalue weighted by Gasteiger charge is 2.27. The van der Waals surface area contributed by atoms with Crippen molar-refractivity contribution in [2.75, 3.05) is 44.3 Å². The molecule has 2 atom stereocenters. The third-order valence-electron chi connectivity index (χ3n) is 4.07. The molecule has 0 aromatic carbocycles. The van der Waals surface area contributed by atoms with Crippen LogP contribution in [-0.4, -0.2) is 69.3 Å². The molecule has 0 amide bonds. The highest BCUT2D eigenvalue weighted by molar-refractivity contribution is 7.89. The maximum absolute atomic E-state index is 12.6. The maximum atomic E-state index is 12.6. The highest BCUT2D eigenvalue weighted by Crippen LogP contribution is 2.21. The average Bonchev–Trinajstić information content (AvgIpc) is 2.55. The van der Waals surface area contributed by atoms with E-state index < -0.39 is 10.0 Å². The molecule has 0 saturated carbocycles. The van der Waals surface area contributed by atoms with E-state index in [9.17, 15) is 8.42 Å². The van der Waals surface area contributed by atoms with Crippen molar-refractivity contribution in [3.63, 3.8) is 0 Å². The Balaban J connectivity index is 1.76. The fourth-order valence-corrected chi connectivity index (χ4v) is 4.37. The van der Waals surface area contributed by atoms with Gasteiger partial charge in [-0.05, 0) is 26.0 Å². The van der Waals surface area contributed by atoms with Gasteiger partial charge in [-0.2, -0.15) is 4.31 Å². The summed E-state index contributed by atoms with van der Waals surface area (Å²) < 4.78 is 37.5. The summed E-state index contributed by atoms with van der Waals surface area (Å²) in [5.74, 6) is 0.785. The van der Waals surface area contributed by atoms with Gasteiger partial charge in [0.15, 0.2) is 0 Å². The van der Waals surface area contributed by atoms with E-state index in [-0.39, 0.29) is 17.1 Å². The van der Waals surface area contributed by atoms with Crippen LogP contribution in [0.3, 0.4) is 0 Å². The van der Waals surface area contributed by atoms with Crippen molar-refractivity contribution in [3.8, 4) is 0 Å². The van der Waals surface area contributed by atoms with Crippen LogP contribution in [0.15, 0.2) is 23.2 Å². The first kappa shape index (κ1) is 16.6. The van der Waals surface area contributed by atoms with Crippen molar-refractivity contribution >= 4 is 15.8 Å². The van der Waals surface area contributed by atoms with E-state index in [0.29, 0.717) is 26.3 Å². The van der Waals surface area contributed by atoms with E-state index in [4.69, 9.17) is 9.47 Å². The molecular weight excluding hydrogens is 318 g/mol. The minimum absolute atomic E-state index is 0.136. The third-order valence-corrected chi connectivity index (χ3v) is 5.95. The standard InChI is InChI=1S/C15H23N3O4S/c1-12-10-17(11-13(2)22-12)15-4-3-14(9-16-15)23(19,20)18-5-7-21-8-6-18/h3-4,9,12-13H,5-8,10-11H2,1-2H3/t12-,13-/m1/s1. The van der Waals surface area contributed by atoms with Gasteiger partial charge in [-0.3, -0.25) is 0 Å². The third kappa shape index (κ3) is 3.65. The van der Waals surface area contributed by atoms with Crippen LogP contribution >= 0.6 is 0 Å². The molecular formula is C15H23N3O4S. The van der Waals surface area contributed by atoms with E-state index in [1.165, 1.54) is 10.5 Å². The van der Waals surface area contributed by atoms with Crippen LogP contribution in [0.5, 0.6) is 0 Å². The molecule has 1 aromatic heterocycles. The number of rotatable bonds is 3. The second-order valence-electron chi connectivity index (χ2n) is 6.03. The Morgan fingerprint density at radius 3 is 2.35 bits per heavy atom. The molecule has 2 aliphatic rings. The molecule has 0 radical (unpaired) electrons. The predicted octanol–water partition coefficient (Wildman–Crippen LogP) is 0.716. The van der Waals surface area contributed by atoms with Crippen molar-refractivity contribution in [1.82, 2.24) is 9.29 Å². The lowest BCUT2D eigenvalue weighted by molar-refractivity contribution is -0.00546.